The van der Waals surface area contributed by atoms with Gasteiger partial charge < -0.3 is 10.4 Å². The van der Waals surface area contributed by atoms with Gasteiger partial charge in [0.05, 0.1) is 17.7 Å². The molecule has 0 aliphatic heterocycles. The zero-order chi connectivity index (χ0) is 14.0. The van der Waals surface area contributed by atoms with Gasteiger partial charge >= 0.3 is 0 Å². The Balaban J connectivity index is 2.15. The number of rotatable bonds is 2. The number of hydrogen-bond acceptors (Lipinski definition) is 2. The average molecular weight is 597 g/mol. The van der Waals surface area contributed by atoms with Crippen LogP contribution in [0.5, 0.6) is 0 Å². The third kappa shape index (κ3) is 4.16. The molecule has 2 N–H and O–H groups in total. The number of aliphatic hydroxyl groups is 1. The summed E-state index contributed by atoms with van der Waals surface area (Å²) < 4.78 is 3.11. The molecule has 19 heavy (non-hydrogen) atoms. The predicted molar refractivity (Wildman–Crippen MR) is 100 cm³/mol. The van der Waals surface area contributed by atoms with Crippen LogP contribution in [0, 0.1) is 10.7 Å². The fourth-order valence-corrected chi connectivity index (χ4v) is 4.65. The van der Waals surface area contributed by atoms with Crippen molar-refractivity contribution in [3.63, 3.8) is 0 Å². The number of benzene rings is 1. The van der Waals surface area contributed by atoms with E-state index in [1.54, 1.807) is 0 Å². The Morgan fingerprint density at radius 2 is 1.89 bits per heavy atom. The first kappa shape index (κ1) is 16.2. The lowest BCUT2D eigenvalue weighted by Gasteiger charge is -2.28. The molecule has 0 unspecified atom stereocenters. The highest BCUT2D eigenvalue weighted by molar-refractivity contribution is 14.1. The molecule has 2 rings (SSSR count). The van der Waals surface area contributed by atoms with Crippen LogP contribution in [0.15, 0.2) is 12.1 Å². The topological polar surface area (TPSA) is 49.3 Å². The van der Waals surface area contributed by atoms with Gasteiger partial charge in [0.1, 0.15) is 0 Å². The van der Waals surface area contributed by atoms with Gasteiger partial charge in [0.25, 0.3) is 5.91 Å². The summed E-state index contributed by atoms with van der Waals surface area (Å²) in [6, 6.07) is 3.84. The van der Waals surface area contributed by atoms with Crippen molar-refractivity contribution < 1.29 is 9.90 Å². The van der Waals surface area contributed by atoms with Gasteiger partial charge in [-0.2, -0.15) is 0 Å². The highest BCUT2D eigenvalue weighted by Crippen LogP contribution is 2.24. The Kier molecular flexibility index (Phi) is 6.15. The molecular weight excluding hydrogens is 583 g/mol. The first-order valence-electron chi connectivity index (χ1n) is 6.12. The number of aliphatic hydroxyl groups excluding tert-OH is 1. The van der Waals surface area contributed by atoms with Gasteiger partial charge in [-0.15, -0.1) is 0 Å². The van der Waals surface area contributed by atoms with Gasteiger partial charge in [-0.25, -0.2) is 0 Å². The van der Waals surface area contributed by atoms with Crippen LogP contribution in [0.25, 0.3) is 0 Å². The third-order valence-corrected chi connectivity index (χ3v) is 6.95. The van der Waals surface area contributed by atoms with E-state index in [1.807, 2.05) is 6.07 Å². The van der Waals surface area contributed by atoms with Crippen molar-refractivity contribution in [1.82, 2.24) is 5.32 Å². The Morgan fingerprint density at radius 3 is 2.58 bits per heavy atom. The van der Waals surface area contributed by atoms with Gasteiger partial charge in [-0.1, -0.05) is 12.8 Å². The summed E-state index contributed by atoms with van der Waals surface area (Å²) >= 11 is 6.66. The SMILES string of the molecule is O=C(N[C@@H]1CCCC[C@H]1O)c1cc(I)cc(I)c1I. The van der Waals surface area contributed by atoms with Crippen LogP contribution in [0.3, 0.4) is 0 Å². The molecule has 1 aromatic rings. The van der Waals surface area contributed by atoms with Crippen LogP contribution in [0.2, 0.25) is 0 Å². The summed E-state index contributed by atoms with van der Waals surface area (Å²) in [5.41, 5.74) is 0.703. The summed E-state index contributed by atoms with van der Waals surface area (Å²) in [5.74, 6) is -0.0771. The molecule has 0 saturated heterocycles. The van der Waals surface area contributed by atoms with Crippen LogP contribution < -0.4 is 5.32 Å². The molecule has 0 spiro atoms. The molecule has 1 fully saturated rings. The lowest BCUT2D eigenvalue weighted by molar-refractivity contribution is 0.0716. The number of halogens is 3. The molecule has 6 heteroatoms. The second-order valence-corrected chi connectivity index (χ2v) is 8.17. The number of hydrogen-bond donors (Lipinski definition) is 2. The van der Waals surface area contributed by atoms with Crippen molar-refractivity contribution in [2.24, 2.45) is 0 Å². The second kappa shape index (κ2) is 7.21. The fourth-order valence-electron chi connectivity index (χ4n) is 2.25. The Labute approximate surface area is 153 Å². The van der Waals surface area contributed by atoms with Crippen LogP contribution in [-0.4, -0.2) is 23.2 Å². The monoisotopic (exact) mass is 597 g/mol. The van der Waals surface area contributed by atoms with Crippen molar-refractivity contribution in [1.29, 1.82) is 0 Å². The molecule has 2 atom stereocenters. The van der Waals surface area contributed by atoms with Gasteiger partial charge in [0.2, 0.25) is 0 Å². The normalized spacial score (nSPS) is 23.2. The van der Waals surface area contributed by atoms with Crippen molar-refractivity contribution in [2.75, 3.05) is 0 Å². The lowest BCUT2D eigenvalue weighted by Crippen LogP contribution is -2.45. The van der Waals surface area contributed by atoms with E-state index in [2.05, 4.69) is 79.2 Å². The molecular formula is C13H14I3NO2. The summed E-state index contributed by atoms with van der Waals surface area (Å²) in [4.78, 5) is 12.4. The molecule has 0 heterocycles. The van der Waals surface area contributed by atoms with Crippen molar-refractivity contribution in [3.05, 3.63) is 28.4 Å². The van der Waals surface area contributed by atoms with E-state index >= 15 is 0 Å². The van der Waals surface area contributed by atoms with E-state index < -0.39 is 6.10 Å². The summed E-state index contributed by atoms with van der Waals surface area (Å²) in [5, 5.41) is 12.9. The summed E-state index contributed by atoms with van der Waals surface area (Å²) in [6.07, 6.45) is 3.36. The zero-order valence-corrected chi connectivity index (χ0v) is 16.6. The molecule has 1 aliphatic carbocycles. The van der Waals surface area contributed by atoms with Crippen molar-refractivity contribution in [3.8, 4) is 0 Å². The molecule has 1 saturated carbocycles. The van der Waals surface area contributed by atoms with E-state index in [0.717, 1.165) is 36.4 Å². The number of nitrogens with one attached hydrogen (secondary N) is 1. The average Bonchev–Trinajstić information content (AvgIpc) is 2.36. The first-order chi connectivity index (χ1) is 8.99. The van der Waals surface area contributed by atoms with E-state index in [4.69, 9.17) is 0 Å². The lowest BCUT2D eigenvalue weighted by atomic mass is 9.92. The minimum atomic E-state index is -0.405. The van der Waals surface area contributed by atoms with Gasteiger partial charge in [-0.05, 0) is 92.7 Å². The first-order valence-corrected chi connectivity index (χ1v) is 9.36. The van der Waals surface area contributed by atoms with Gasteiger partial charge in [-0.3, -0.25) is 4.79 Å². The Hall–Kier alpha value is 0.840. The van der Waals surface area contributed by atoms with Crippen LogP contribution in [0.1, 0.15) is 36.0 Å². The maximum Gasteiger partial charge on any atom is 0.252 e. The van der Waals surface area contributed by atoms with Crippen LogP contribution in [-0.2, 0) is 0 Å². The van der Waals surface area contributed by atoms with E-state index in [-0.39, 0.29) is 11.9 Å². The Bertz CT molecular complexity index is 493. The fraction of sp³-hybridized carbons (Fsp3) is 0.462. The Morgan fingerprint density at radius 1 is 1.21 bits per heavy atom. The molecule has 0 radical (unpaired) electrons. The van der Waals surface area contributed by atoms with E-state index in [9.17, 15) is 9.90 Å². The predicted octanol–water partition coefficient (Wildman–Crippen LogP) is 3.53. The summed E-state index contributed by atoms with van der Waals surface area (Å²) in [7, 11) is 0. The minimum Gasteiger partial charge on any atom is -0.391 e. The second-order valence-electron chi connectivity index (χ2n) is 4.68. The largest absolute Gasteiger partial charge is 0.391 e. The van der Waals surface area contributed by atoms with Gasteiger partial charge in [0, 0.05) is 10.7 Å². The van der Waals surface area contributed by atoms with Gasteiger partial charge in [0.15, 0.2) is 0 Å². The van der Waals surface area contributed by atoms with Crippen molar-refractivity contribution >= 4 is 73.7 Å². The summed E-state index contributed by atoms with van der Waals surface area (Å²) in [6.45, 7) is 0. The maximum absolute atomic E-state index is 12.4. The van der Waals surface area contributed by atoms with E-state index in [1.165, 1.54) is 0 Å². The third-order valence-electron chi connectivity index (χ3n) is 3.28. The molecule has 1 aromatic carbocycles. The van der Waals surface area contributed by atoms with Crippen LogP contribution >= 0.6 is 67.8 Å². The minimum absolute atomic E-state index is 0.0771. The highest BCUT2D eigenvalue weighted by Gasteiger charge is 2.25. The molecule has 104 valence electrons. The number of amides is 1. The standard InChI is InChI=1S/C13H14I3NO2/c14-7-5-8(12(16)9(15)6-7)13(19)17-10-3-1-2-4-11(10)18/h5-6,10-11,18H,1-4H2,(H,17,19)/t10-,11-/m1/s1. The number of carbonyl (C=O) groups is 1. The zero-order valence-electron chi connectivity index (χ0n) is 10.1. The smallest absolute Gasteiger partial charge is 0.252 e. The highest BCUT2D eigenvalue weighted by atomic mass is 127. The molecule has 3 nitrogen and oxygen atoms in total. The quantitative estimate of drug-likeness (QED) is 0.406. The molecule has 0 bridgehead atoms. The van der Waals surface area contributed by atoms with Crippen molar-refractivity contribution in [2.45, 2.75) is 37.8 Å². The van der Waals surface area contributed by atoms with E-state index in [0.29, 0.717) is 5.56 Å². The number of carbonyl (C=O) groups excluding carboxylic acids is 1. The maximum atomic E-state index is 12.4. The molecule has 0 aromatic heterocycles. The van der Waals surface area contributed by atoms with Crippen LogP contribution in [0.4, 0.5) is 0 Å². The molecule has 1 aliphatic rings. The molecule has 1 amide bonds.